The minimum atomic E-state index is -0.658. The molecule has 0 spiro atoms. The van der Waals surface area contributed by atoms with Gasteiger partial charge in [-0.05, 0) is 27.7 Å². The van der Waals surface area contributed by atoms with Crippen LogP contribution in [0, 0.1) is 0 Å². The third-order valence-corrected chi connectivity index (χ3v) is 4.12. The number of hydrogen-bond acceptors (Lipinski definition) is 6. The molecule has 21 heavy (non-hydrogen) atoms. The van der Waals surface area contributed by atoms with Gasteiger partial charge in [-0.3, -0.25) is 0 Å². The third-order valence-electron chi connectivity index (χ3n) is 4.12. The average Bonchev–Trinajstić information content (AvgIpc) is 2.98. The average molecular weight is 301 g/mol. The molecule has 0 saturated carbocycles. The van der Waals surface area contributed by atoms with Gasteiger partial charge < -0.3 is 28.6 Å². The monoisotopic (exact) mass is 301 g/mol. The molecule has 2 unspecified atom stereocenters. The number of hydrogen-bond donors (Lipinski definition) is 0. The summed E-state index contributed by atoms with van der Waals surface area (Å²) in [4.78, 5) is 13.5. The number of rotatable bonds is 2. The van der Waals surface area contributed by atoms with Crippen molar-refractivity contribution < 1.29 is 28.5 Å². The van der Waals surface area contributed by atoms with Gasteiger partial charge in [-0.25, -0.2) is 4.79 Å². The van der Waals surface area contributed by atoms with Crippen LogP contribution in [0.15, 0.2) is 0 Å². The topological polar surface area (TPSA) is 66.5 Å². The summed E-state index contributed by atoms with van der Waals surface area (Å²) in [6.45, 7) is 8.23. The first-order valence-corrected chi connectivity index (χ1v) is 7.25. The molecule has 3 aliphatic rings. The summed E-state index contributed by atoms with van der Waals surface area (Å²) >= 11 is 0. The maximum absolute atomic E-state index is 11.9. The molecule has 120 valence electrons. The molecule has 0 N–H and O–H groups in total. The third kappa shape index (κ3) is 2.75. The Balaban J connectivity index is 1.77. The van der Waals surface area contributed by atoms with E-state index < -0.39 is 17.7 Å². The van der Waals surface area contributed by atoms with Gasteiger partial charge in [0, 0.05) is 7.05 Å². The van der Waals surface area contributed by atoms with E-state index in [2.05, 4.69) is 0 Å². The highest BCUT2D eigenvalue weighted by molar-refractivity contribution is 5.70. The van der Waals surface area contributed by atoms with E-state index in [-0.39, 0.29) is 24.3 Å². The number of nitrogens with zero attached hydrogens (tertiary/aromatic N) is 1. The van der Waals surface area contributed by atoms with Crippen LogP contribution in [0.4, 0.5) is 4.79 Å². The first-order valence-electron chi connectivity index (χ1n) is 7.25. The predicted octanol–water partition coefficient (Wildman–Crippen LogP) is 1.11. The van der Waals surface area contributed by atoms with Crippen LogP contribution < -0.4 is 0 Å². The van der Waals surface area contributed by atoms with Crippen LogP contribution in [0.25, 0.3) is 0 Å². The summed E-state index contributed by atoms with van der Waals surface area (Å²) in [6, 6.07) is -0.248. The molecule has 0 aliphatic carbocycles. The highest BCUT2D eigenvalue weighted by Crippen LogP contribution is 2.36. The highest BCUT2D eigenvalue weighted by atomic mass is 16.8. The zero-order chi connectivity index (χ0) is 15.4. The highest BCUT2D eigenvalue weighted by Gasteiger charge is 2.54. The zero-order valence-electron chi connectivity index (χ0n) is 13.1. The summed E-state index contributed by atoms with van der Waals surface area (Å²) in [5.74, 6) is -1.30. The van der Waals surface area contributed by atoms with Gasteiger partial charge in [-0.2, -0.15) is 0 Å². The second kappa shape index (κ2) is 4.81. The number of carbonyl (C=O) groups excluding carboxylic acids is 1. The molecule has 0 aromatic rings. The van der Waals surface area contributed by atoms with Gasteiger partial charge in [0.1, 0.15) is 18.2 Å². The van der Waals surface area contributed by atoms with E-state index in [4.69, 9.17) is 23.7 Å². The maximum Gasteiger partial charge on any atom is 0.410 e. The lowest BCUT2D eigenvalue weighted by Crippen LogP contribution is -2.50. The van der Waals surface area contributed by atoms with Crippen LogP contribution in [-0.2, 0) is 23.7 Å². The Labute approximate surface area is 124 Å². The largest absolute Gasteiger partial charge is 0.441 e. The van der Waals surface area contributed by atoms with Crippen LogP contribution >= 0.6 is 0 Å². The lowest BCUT2D eigenvalue weighted by Gasteiger charge is -2.29. The number of likely N-dealkylation sites (N-methyl/N-ethyl adjacent to an activating group) is 1. The smallest absolute Gasteiger partial charge is 0.410 e. The number of carbonyl (C=O) groups is 1. The summed E-state index contributed by atoms with van der Waals surface area (Å²) in [7, 11) is 1.71. The molecule has 1 amide bonds. The van der Waals surface area contributed by atoms with Crippen LogP contribution in [0.1, 0.15) is 27.7 Å². The lowest BCUT2D eigenvalue weighted by atomic mass is 10.0. The molecule has 3 fully saturated rings. The molecule has 7 heteroatoms. The summed E-state index contributed by atoms with van der Waals surface area (Å²) in [5, 5.41) is 0. The molecule has 3 rings (SSSR count). The predicted molar refractivity (Wildman–Crippen MR) is 71.6 cm³/mol. The quantitative estimate of drug-likeness (QED) is 0.761. The minimum Gasteiger partial charge on any atom is -0.441 e. The van der Waals surface area contributed by atoms with Gasteiger partial charge >= 0.3 is 6.09 Å². The molecular weight excluding hydrogens is 278 g/mol. The molecule has 0 bridgehead atoms. The fourth-order valence-corrected chi connectivity index (χ4v) is 3.13. The molecule has 7 nitrogen and oxygen atoms in total. The Morgan fingerprint density at radius 1 is 1.00 bits per heavy atom. The van der Waals surface area contributed by atoms with Crippen molar-refractivity contribution in [3.05, 3.63) is 0 Å². The van der Waals surface area contributed by atoms with Crippen LogP contribution in [0.5, 0.6) is 0 Å². The fourth-order valence-electron chi connectivity index (χ4n) is 3.13. The van der Waals surface area contributed by atoms with E-state index >= 15 is 0 Å². The molecule has 3 saturated heterocycles. The second-order valence-corrected chi connectivity index (χ2v) is 6.68. The minimum absolute atomic E-state index is 0.242. The first-order chi connectivity index (χ1) is 9.69. The second-order valence-electron chi connectivity index (χ2n) is 6.68. The van der Waals surface area contributed by atoms with Crippen LogP contribution in [-0.4, -0.2) is 67.2 Å². The number of amides is 1. The Bertz CT molecular complexity index is 437. The Morgan fingerprint density at radius 2 is 1.52 bits per heavy atom. The van der Waals surface area contributed by atoms with Crippen molar-refractivity contribution in [3.8, 4) is 0 Å². The van der Waals surface area contributed by atoms with Gasteiger partial charge in [0.2, 0.25) is 0 Å². The van der Waals surface area contributed by atoms with Crippen molar-refractivity contribution in [1.82, 2.24) is 4.90 Å². The van der Waals surface area contributed by atoms with E-state index in [1.165, 1.54) is 0 Å². The van der Waals surface area contributed by atoms with Gasteiger partial charge in [-0.15, -0.1) is 0 Å². The van der Waals surface area contributed by atoms with Crippen molar-refractivity contribution >= 4 is 6.09 Å². The van der Waals surface area contributed by atoms with Gasteiger partial charge in [0.15, 0.2) is 17.7 Å². The summed E-state index contributed by atoms with van der Waals surface area (Å²) in [6.07, 6.45) is -1.33. The van der Waals surface area contributed by atoms with Crippen LogP contribution in [0.3, 0.4) is 0 Å². The number of cyclic esters (lactones) is 1. The summed E-state index contributed by atoms with van der Waals surface area (Å²) in [5.41, 5.74) is 0. The molecule has 0 radical (unpaired) electrons. The molecule has 0 aromatic heterocycles. The zero-order valence-corrected chi connectivity index (χ0v) is 13.1. The number of ether oxygens (including phenoxy) is 5. The van der Waals surface area contributed by atoms with E-state index in [0.29, 0.717) is 13.2 Å². The lowest BCUT2D eigenvalue weighted by molar-refractivity contribution is -0.161. The molecule has 0 aromatic carbocycles. The SMILES string of the molecule is CN1C(=O)O[C@H](C2COC(C)(C)O2)[C@H]1C1COC(C)(C)O1. The molecule has 3 aliphatic heterocycles. The molecule has 4 atom stereocenters. The fraction of sp³-hybridized carbons (Fsp3) is 0.929. The molecular formula is C14H23NO6. The van der Waals surface area contributed by atoms with Gasteiger partial charge in [0.05, 0.1) is 13.2 Å². The Kier molecular flexibility index (Phi) is 3.44. The van der Waals surface area contributed by atoms with E-state index in [0.717, 1.165) is 0 Å². The van der Waals surface area contributed by atoms with Crippen molar-refractivity contribution in [1.29, 1.82) is 0 Å². The first kappa shape index (κ1) is 15.0. The van der Waals surface area contributed by atoms with E-state index in [1.807, 2.05) is 27.7 Å². The standard InChI is InChI=1S/C14H23NO6/c1-13(2)17-6-8(20-13)10-11(19-12(16)15(10)5)9-7-18-14(3,4)21-9/h8-11H,6-7H2,1-5H3/t8?,9?,10-,11-/m1/s1. The van der Waals surface area contributed by atoms with Crippen molar-refractivity contribution in [2.45, 2.75) is 63.6 Å². The Hall–Kier alpha value is -0.890. The molecule has 3 heterocycles. The Morgan fingerprint density at radius 3 is 2.00 bits per heavy atom. The van der Waals surface area contributed by atoms with Crippen molar-refractivity contribution in [2.24, 2.45) is 0 Å². The van der Waals surface area contributed by atoms with Crippen molar-refractivity contribution in [2.75, 3.05) is 20.3 Å². The van der Waals surface area contributed by atoms with E-state index in [9.17, 15) is 4.79 Å². The van der Waals surface area contributed by atoms with Crippen LogP contribution in [0.2, 0.25) is 0 Å². The van der Waals surface area contributed by atoms with Gasteiger partial charge in [0.25, 0.3) is 0 Å². The van der Waals surface area contributed by atoms with Crippen molar-refractivity contribution in [3.63, 3.8) is 0 Å². The van der Waals surface area contributed by atoms with Gasteiger partial charge in [-0.1, -0.05) is 0 Å². The van der Waals surface area contributed by atoms with E-state index in [1.54, 1.807) is 11.9 Å². The summed E-state index contributed by atoms with van der Waals surface area (Å²) < 4.78 is 28.4. The maximum atomic E-state index is 11.9. The normalized spacial score (nSPS) is 41.6.